The molecule has 0 bridgehead atoms. The number of amides is 1. The standard InChI is InChI=1S/C23H23F2NO4/c1-29-19-9-6-17(7-10-19)22(28)18-12-14-26(15-13-18)21(27)11-8-16-4-2-3-5-20(16)30-23(24)25/h2-11,18,23H,12-15H2,1H3. The van der Waals surface area contributed by atoms with E-state index in [1.165, 1.54) is 18.2 Å². The number of rotatable bonds is 7. The van der Waals surface area contributed by atoms with E-state index in [1.54, 1.807) is 54.5 Å². The zero-order valence-corrected chi connectivity index (χ0v) is 16.6. The van der Waals surface area contributed by atoms with Crippen LogP contribution >= 0.6 is 0 Å². The summed E-state index contributed by atoms with van der Waals surface area (Å²) in [5.41, 5.74) is 1.03. The van der Waals surface area contributed by atoms with Crippen LogP contribution in [0.3, 0.4) is 0 Å². The molecule has 2 aromatic carbocycles. The average Bonchev–Trinajstić information content (AvgIpc) is 2.77. The Kier molecular flexibility index (Phi) is 7.17. The van der Waals surface area contributed by atoms with E-state index in [0.29, 0.717) is 42.8 Å². The number of carbonyl (C=O) groups excluding carboxylic acids is 2. The monoisotopic (exact) mass is 415 g/mol. The van der Waals surface area contributed by atoms with Crippen molar-refractivity contribution in [3.63, 3.8) is 0 Å². The molecule has 0 radical (unpaired) electrons. The number of hydrogen-bond acceptors (Lipinski definition) is 4. The molecule has 30 heavy (non-hydrogen) atoms. The Hall–Kier alpha value is -3.22. The lowest BCUT2D eigenvalue weighted by molar-refractivity contribution is -0.127. The number of methoxy groups -OCH3 is 1. The first kappa shape index (κ1) is 21.5. The molecule has 0 unspecified atom stereocenters. The molecule has 7 heteroatoms. The minimum Gasteiger partial charge on any atom is -0.497 e. The first-order chi connectivity index (χ1) is 14.5. The minimum atomic E-state index is -2.93. The lowest BCUT2D eigenvalue weighted by Crippen LogP contribution is -2.39. The predicted octanol–water partition coefficient (Wildman–Crippen LogP) is 4.43. The summed E-state index contributed by atoms with van der Waals surface area (Å²) < 4.78 is 34.6. The van der Waals surface area contributed by atoms with E-state index in [1.807, 2.05) is 0 Å². The van der Waals surface area contributed by atoms with Gasteiger partial charge in [0.05, 0.1) is 7.11 Å². The van der Waals surface area contributed by atoms with Gasteiger partial charge in [-0.25, -0.2) is 0 Å². The molecule has 0 N–H and O–H groups in total. The van der Waals surface area contributed by atoms with Gasteiger partial charge in [0, 0.05) is 36.2 Å². The number of piperidine rings is 1. The molecule has 1 fully saturated rings. The van der Waals surface area contributed by atoms with Crippen LogP contribution in [0.2, 0.25) is 0 Å². The fraction of sp³-hybridized carbons (Fsp3) is 0.304. The molecular weight excluding hydrogens is 392 g/mol. The third-order valence-corrected chi connectivity index (χ3v) is 5.09. The minimum absolute atomic E-state index is 0.0142. The number of benzene rings is 2. The number of ketones is 1. The molecule has 0 aromatic heterocycles. The van der Waals surface area contributed by atoms with Gasteiger partial charge in [0.2, 0.25) is 5.91 Å². The molecule has 0 saturated carbocycles. The van der Waals surface area contributed by atoms with Crippen LogP contribution in [-0.2, 0) is 4.79 Å². The Bertz CT molecular complexity index is 904. The van der Waals surface area contributed by atoms with Crippen LogP contribution in [0.4, 0.5) is 8.78 Å². The number of likely N-dealkylation sites (tertiary alicyclic amines) is 1. The van der Waals surface area contributed by atoms with E-state index < -0.39 is 6.61 Å². The summed E-state index contributed by atoms with van der Waals surface area (Å²) in [7, 11) is 1.57. The van der Waals surface area contributed by atoms with Crippen molar-refractivity contribution < 1.29 is 27.8 Å². The fourth-order valence-electron chi connectivity index (χ4n) is 3.44. The van der Waals surface area contributed by atoms with Crippen molar-refractivity contribution >= 4 is 17.8 Å². The summed E-state index contributed by atoms with van der Waals surface area (Å²) in [6.45, 7) is -2.01. The molecule has 1 saturated heterocycles. The molecule has 1 aliphatic heterocycles. The second-order valence-corrected chi connectivity index (χ2v) is 6.94. The first-order valence-corrected chi connectivity index (χ1v) is 9.67. The largest absolute Gasteiger partial charge is 0.497 e. The summed E-state index contributed by atoms with van der Waals surface area (Å²) in [5.74, 6) is 0.418. The number of halogens is 2. The number of para-hydroxylation sites is 1. The highest BCUT2D eigenvalue weighted by atomic mass is 19.3. The highest BCUT2D eigenvalue weighted by Gasteiger charge is 2.27. The van der Waals surface area contributed by atoms with Gasteiger partial charge in [0.25, 0.3) is 0 Å². The topological polar surface area (TPSA) is 55.8 Å². The zero-order valence-electron chi connectivity index (χ0n) is 16.6. The maximum absolute atomic E-state index is 12.7. The van der Waals surface area contributed by atoms with E-state index in [0.717, 1.165) is 0 Å². The molecule has 2 aromatic rings. The summed E-state index contributed by atoms with van der Waals surface area (Å²) in [5, 5.41) is 0. The van der Waals surface area contributed by atoms with Crippen LogP contribution in [0.15, 0.2) is 54.6 Å². The molecule has 1 amide bonds. The first-order valence-electron chi connectivity index (χ1n) is 9.67. The second kappa shape index (κ2) is 10.0. The van der Waals surface area contributed by atoms with Gasteiger partial charge in [-0.05, 0) is 49.2 Å². The second-order valence-electron chi connectivity index (χ2n) is 6.94. The molecule has 5 nitrogen and oxygen atoms in total. The SMILES string of the molecule is COc1ccc(C(=O)C2CCN(C(=O)C=Cc3ccccc3OC(F)F)CC2)cc1. The number of Topliss-reactive ketones (excluding diaryl/α,β-unsaturated/α-hetero) is 1. The van der Waals surface area contributed by atoms with E-state index in [9.17, 15) is 18.4 Å². The Morgan fingerprint density at radius 2 is 1.73 bits per heavy atom. The van der Waals surface area contributed by atoms with Gasteiger partial charge in [-0.3, -0.25) is 9.59 Å². The molecule has 0 aliphatic carbocycles. The number of alkyl halides is 2. The van der Waals surface area contributed by atoms with E-state index in [-0.39, 0.29) is 23.4 Å². The maximum Gasteiger partial charge on any atom is 0.387 e. The van der Waals surface area contributed by atoms with Crippen molar-refractivity contribution in [1.82, 2.24) is 4.90 Å². The third kappa shape index (κ3) is 5.43. The van der Waals surface area contributed by atoms with Crippen molar-refractivity contribution in [1.29, 1.82) is 0 Å². The van der Waals surface area contributed by atoms with Crippen molar-refractivity contribution in [3.8, 4) is 11.5 Å². The van der Waals surface area contributed by atoms with Crippen LogP contribution in [0.1, 0.15) is 28.8 Å². The van der Waals surface area contributed by atoms with Crippen LogP contribution in [0.5, 0.6) is 11.5 Å². The zero-order chi connectivity index (χ0) is 21.5. The fourth-order valence-corrected chi connectivity index (χ4v) is 3.44. The summed E-state index contributed by atoms with van der Waals surface area (Å²) in [6, 6.07) is 13.3. The van der Waals surface area contributed by atoms with Crippen molar-refractivity contribution in [3.05, 3.63) is 65.7 Å². The van der Waals surface area contributed by atoms with Gasteiger partial charge in [-0.2, -0.15) is 8.78 Å². The molecule has 158 valence electrons. The average molecular weight is 415 g/mol. The Labute approximate surface area is 173 Å². The number of ether oxygens (including phenoxy) is 2. The Morgan fingerprint density at radius 1 is 1.07 bits per heavy atom. The van der Waals surface area contributed by atoms with Crippen LogP contribution in [0.25, 0.3) is 6.08 Å². The van der Waals surface area contributed by atoms with Gasteiger partial charge in [-0.1, -0.05) is 18.2 Å². The van der Waals surface area contributed by atoms with Gasteiger partial charge in [0.15, 0.2) is 5.78 Å². The van der Waals surface area contributed by atoms with E-state index in [2.05, 4.69) is 4.74 Å². The Balaban J connectivity index is 1.56. The quantitative estimate of drug-likeness (QED) is 0.496. The summed E-state index contributed by atoms with van der Waals surface area (Å²) in [6.07, 6.45) is 3.97. The lowest BCUT2D eigenvalue weighted by Gasteiger charge is -2.30. The molecule has 1 aliphatic rings. The molecule has 3 rings (SSSR count). The molecular formula is C23H23F2NO4. The normalized spacial score (nSPS) is 14.9. The van der Waals surface area contributed by atoms with Gasteiger partial charge < -0.3 is 14.4 Å². The molecule has 0 atom stereocenters. The van der Waals surface area contributed by atoms with Crippen molar-refractivity contribution in [2.45, 2.75) is 19.5 Å². The van der Waals surface area contributed by atoms with Crippen LogP contribution < -0.4 is 9.47 Å². The van der Waals surface area contributed by atoms with E-state index >= 15 is 0 Å². The number of carbonyl (C=O) groups is 2. The lowest BCUT2D eigenvalue weighted by atomic mass is 9.89. The Morgan fingerprint density at radius 3 is 2.37 bits per heavy atom. The summed E-state index contributed by atoms with van der Waals surface area (Å²) >= 11 is 0. The van der Waals surface area contributed by atoms with Crippen LogP contribution in [0, 0.1) is 5.92 Å². The predicted molar refractivity (Wildman–Crippen MR) is 109 cm³/mol. The number of hydrogen-bond donors (Lipinski definition) is 0. The number of nitrogens with zero attached hydrogens (tertiary/aromatic N) is 1. The van der Waals surface area contributed by atoms with Gasteiger partial charge in [0.1, 0.15) is 11.5 Å². The third-order valence-electron chi connectivity index (χ3n) is 5.09. The summed E-state index contributed by atoms with van der Waals surface area (Å²) in [4.78, 5) is 26.8. The van der Waals surface area contributed by atoms with Crippen molar-refractivity contribution in [2.75, 3.05) is 20.2 Å². The highest BCUT2D eigenvalue weighted by molar-refractivity contribution is 5.98. The maximum atomic E-state index is 12.7. The highest BCUT2D eigenvalue weighted by Crippen LogP contribution is 2.24. The van der Waals surface area contributed by atoms with Crippen LogP contribution in [-0.4, -0.2) is 43.4 Å². The van der Waals surface area contributed by atoms with Gasteiger partial charge >= 0.3 is 6.61 Å². The smallest absolute Gasteiger partial charge is 0.387 e. The van der Waals surface area contributed by atoms with Crippen molar-refractivity contribution in [2.24, 2.45) is 5.92 Å². The molecule has 0 spiro atoms. The molecule has 1 heterocycles. The van der Waals surface area contributed by atoms with E-state index in [4.69, 9.17) is 4.74 Å². The van der Waals surface area contributed by atoms with Gasteiger partial charge in [-0.15, -0.1) is 0 Å².